The van der Waals surface area contributed by atoms with E-state index in [1.165, 1.54) is 6.20 Å². The molecule has 15 heavy (non-hydrogen) atoms. The van der Waals surface area contributed by atoms with Crippen LogP contribution in [0, 0.1) is 0 Å². The number of ether oxygens (including phenoxy) is 1. The Morgan fingerprint density at radius 1 is 1.60 bits per heavy atom. The fourth-order valence-corrected chi connectivity index (χ4v) is 1.61. The molecule has 0 amide bonds. The number of hydrogen-bond acceptors (Lipinski definition) is 2. The van der Waals surface area contributed by atoms with E-state index in [0.717, 1.165) is 6.92 Å². The summed E-state index contributed by atoms with van der Waals surface area (Å²) >= 11 is 0. The fraction of sp³-hybridized carbons (Fsp3) is 0.700. The van der Waals surface area contributed by atoms with Crippen molar-refractivity contribution in [2.75, 3.05) is 13.2 Å². The van der Waals surface area contributed by atoms with E-state index in [9.17, 15) is 8.78 Å². The third-order valence-corrected chi connectivity index (χ3v) is 2.59. The van der Waals surface area contributed by atoms with Crippen LogP contribution in [0.4, 0.5) is 8.78 Å². The molecule has 0 aromatic carbocycles. The molecule has 0 N–H and O–H groups in total. The van der Waals surface area contributed by atoms with Gasteiger partial charge in [-0.1, -0.05) is 6.92 Å². The lowest BCUT2D eigenvalue weighted by Crippen LogP contribution is -2.31. The predicted molar refractivity (Wildman–Crippen MR) is 51.0 cm³/mol. The molecule has 3 nitrogen and oxygen atoms in total. The molecule has 1 aromatic heterocycles. The van der Waals surface area contributed by atoms with Crippen LogP contribution in [0.2, 0.25) is 0 Å². The smallest absolute Gasteiger partial charge is 0.288 e. The van der Waals surface area contributed by atoms with E-state index < -0.39 is 5.92 Å². The summed E-state index contributed by atoms with van der Waals surface area (Å²) < 4.78 is 33.0. The first-order valence-corrected chi connectivity index (χ1v) is 5.06. The average Bonchev–Trinajstić information content (AvgIpc) is 2.44. The van der Waals surface area contributed by atoms with Gasteiger partial charge in [-0.05, 0) is 0 Å². The van der Waals surface area contributed by atoms with Gasteiger partial charge in [-0.3, -0.25) is 0 Å². The van der Waals surface area contributed by atoms with Gasteiger partial charge in [-0.15, -0.1) is 0 Å². The standard InChI is InChI=1S/C10H14F2N2O/c1-3-9-13-8(10(2,11)12)4-14(9)7-5-15-6-7/h4,7H,3,5-6H2,1-2H3. The monoisotopic (exact) mass is 216 g/mol. The Balaban J connectivity index is 2.32. The molecule has 0 atom stereocenters. The summed E-state index contributed by atoms with van der Waals surface area (Å²) in [7, 11) is 0. The van der Waals surface area contributed by atoms with Crippen molar-refractivity contribution < 1.29 is 13.5 Å². The minimum absolute atomic E-state index is 0.147. The van der Waals surface area contributed by atoms with Crippen molar-refractivity contribution in [2.45, 2.75) is 32.2 Å². The van der Waals surface area contributed by atoms with E-state index >= 15 is 0 Å². The summed E-state index contributed by atoms with van der Waals surface area (Å²) in [4.78, 5) is 3.96. The van der Waals surface area contributed by atoms with Gasteiger partial charge < -0.3 is 9.30 Å². The average molecular weight is 216 g/mol. The van der Waals surface area contributed by atoms with Gasteiger partial charge in [0.25, 0.3) is 5.92 Å². The number of halogens is 2. The number of rotatable bonds is 3. The first-order valence-electron chi connectivity index (χ1n) is 5.06. The van der Waals surface area contributed by atoms with Crippen LogP contribution in [0.25, 0.3) is 0 Å². The largest absolute Gasteiger partial charge is 0.377 e. The SMILES string of the molecule is CCc1nc(C(C)(F)F)cn1C1COC1. The molecule has 0 aliphatic carbocycles. The van der Waals surface area contributed by atoms with Crippen LogP contribution in [0.5, 0.6) is 0 Å². The minimum atomic E-state index is -2.86. The molecule has 0 unspecified atom stereocenters. The summed E-state index contributed by atoms with van der Waals surface area (Å²) in [6.07, 6.45) is 2.11. The third kappa shape index (κ3) is 1.88. The molecule has 5 heteroatoms. The lowest BCUT2D eigenvalue weighted by molar-refractivity contribution is -0.0250. The summed E-state index contributed by atoms with van der Waals surface area (Å²) in [5.41, 5.74) is -0.147. The zero-order chi connectivity index (χ0) is 11.1. The van der Waals surface area contributed by atoms with Crippen molar-refractivity contribution >= 4 is 0 Å². The maximum atomic E-state index is 13.1. The number of aryl methyl sites for hydroxylation is 1. The Hall–Kier alpha value is -0.970. The maximum absolute atomic E-state index is 13.1. The minimum Gasteiger partial charge on any atom is -0.377 e. The molecule has 84 valence electrons. The second kappa shape index (κ2) is 3.56. The normalized spacial score (nSPS) is 17.9. The van der Waals surface area contributed by atoms with E-state index in [1.807, 2.05) is 11.5 Å². The molecular weight excluding hydrogens is 202 g/mol. The summed E-state index contributed by atoms with van der Waals surface area (Å²) in [6.45, 7) is 3.97. The summed E-state index contributed by atoms with van der Waals surface area (Å²) in [6, 6.07) is 0.184. The lowest BCUT2D eigenvalue weighted by Gasteiger charge is -2.28. The number of nitrogens with zero attached hydrogens (tertiary/aromatic N) is 2. The first kappa shape index (κ1) is 10.5. The molecule has 0 bridgehead atoms. The first-order chi connectivity index (χ1) is 7.02. The van der Waals surface area contributed by atoms with Gasteiger partial charge in [0.15, 0.2) is 0 Å². The molecule has 2 heterocycles. The van der Waals surface area contributed by atoms with E-state index in [-0.39, 0.29) is 11.7 Å². The van der Waals surface area contributed by atoms with Crippen molar-refractivity contribution in [3.8, 4) is 0 Å². The predicted octanol–water partition coefficient (Wildman–Crippen LogP) is 2.13. The highest BCUT2D eigenvalue weighted by molar-refractivity contribution is 5.11. The second-order valence-electron chi connectivity index (χ2n) is 3.88. The van der Waals surface area contributed by atoms with Crippen LogP contribution in [0.3, 0.4) is 0 Å². The maximum Gasteiger partial charge on any atom is 0.288 e. The fourth-order valence-electron chi connectivity index (χ4n) is 1.61. The van der Waals surface area contributed by atoms with Crippen LogP contribution in [0.15, 0.2) is 6.20 Å². The third-order valence-electron chi connectivity index (χ3n) is 2.59. The lowest BCUT2D eigenvalue weighted by atomic mass is 10.2. The van der Waals surface area contributed by atoms with Crippen LogP contribution >= 0.6 is 0 Å². The van der Waals surface area contributed by atoms with Gasteiger partial charge in [-0.2, -0.15) is 8.78 Å². The Morgan fingerprint density at radius 2 is 2.27 bits per heavy atom. The van der Waals surface area contributed by atoms with Crippen molar-refractivity contribution in [3.05, 3.63) is 17.7 Å². The number of aromatic nitrogens is 2. The number of hydrogen-bond donors (Lipinski definition) is 0. The molecule has 1 aromatic rings. The van der Waals surface area contributed by atoms with Crippen LogP contribution in [0.1, 0.15) is 31.4 Å². The molecule has 2 rings (SSSR count). The number of alkyl halides is 2. The molecule has 0 saturated carbocycles. The molecular formula is C10H14F2N2O. The summed E-state index contributed by atoms with van der Waals surface area (Å²) in [5.74, 6) is -2.15. The molecule has 1 saturated heterocycles. The van der Waals surface area contributed by atoms with E-state index in [1.54, 1.807) is 0 Å². The molecule has 1 aliphatic heterocycles. The summed E-state index contributed by atoms with van der Waals surface area (Å²) in [5, 5.41) is 0. The van der Waals surface area contributed by atoms with Crippen molar-refractivity contribution in [2.24, 2.45) is 0 Å². The highest BCUT2D eigenvalue weighted by atomic mass is 19.3. The van der Waals surface area contributed by atoms with Gasteiger partial charge >= 0.3 is 0 Å². The van der Waals surface area contributed by atoms with Crippen LogP contribution < -0.4 is 0 Å². The quantitative estimate of drug-likeness (QED) is 0.773. The molecule has 1 aliphatic rings. The van der Waals surface area contributed by atoms with Crippen LogP contribution in [-0.4, -0.2) is 22.8 Å². The Kier molecular flexibility index (Phi) is 2.50. The zero-order valence-corrected chi connectivity index (χ0v) is 8.83. The highest BCUT2D eigenvalue weighted by Crippen LogP contribution is 2.29. The molecule has 0 radical (unpaired) electrons. The zero-order valence-electron chi connectivity index (χ0n) is 8.83. The van der Waals surface area contributed by atoms with E-state index in [0.29, 0.717) is 25.5 Å². The molecule has 1 fully saturated rings. The Labute approximate surface area is 87.1 Å². The van der Waals surface area contributed by atoms with Crippen LogP contribution in [-0.2, 0) is 17.1 Å². The van der Waals surface area contributed by atoms with Crippen molar-refractivity contribution in [1.29, 1.82) is 0 Å². The van der Waals surface area contributed by atoms with Crippen molar-refractivity contribution in [1.82, 2.24) is 9.55 Å². The van der Waals surface area contributed by atoms with Gasteiger partial charge in [0.1, 0.15) is 11.5 Å². The topological polar surface area (TPSA) is 27.1 Å². The number of imidazole rings is 1. The van der Waals surface area contributed by atoms with Gasteiger partial charge in [0.05, 0.1) is 19.3 Å². The highest BCUT2D eigenvalue weighted by Gasteiger charge is 2.31. The Morgan fingerprint density at radius 3 is 2.67 bits per heavy atom. The van der Waals surface area contributed by atoms with E-state index in [4.69, 9.17) is 4.74 Å². The van der Waals surface area contributed by atoms with Gasteiger partial charge in [0.2, 0.25) is 0 Å². The molecule has 0 spiro atoms. The van der Waals surface area contributed by atoms with E-state index in [2.05, 4.69) is 4.98 Å². The van der Waals surface area contributed by atoms with Crippen molar-refractivity contribution in [3.63, 3.8) is 0 Å². The van der Waals surface area contributed by atoms with Gasteiger partial charge in [0, 0.05) is 19.5 Å². The van der Waals surface area contributed by atoms with Gasteiger partial charge in [-0.25, -0.2) is 4.98 Å². The Bertz CT molecular complexity index is 353. The second-order valence-corrected chi connectivity index (χ2v) is 3.88.